The zero-order valence-electron chi connectivity index (χ0n) is 14.2. The SMILES string of the molecule is O=C(COc1ccc(Cl)cc1)N1CCC[C@@H]1CS(=O)(=O)c1ccccc1. The van der Waals surface area contributed by atoms with Crippen LogP contribution >= 0.6 is 11.6 Å². The predicted octanol–water partition coefficient (Wildman–Crippen LogP) is 3.18. The van der Waals surface area contributed by atoms with Gasteiger partial charge < -0.3 is 9.64 Å². The zero-order chi connectivity index (χ0) is 18.6. The molecule has 1 saturated heterocycles. The Hall–Kier alpha value is -2.05. The van der Waals surface area contributed by atoms with Crippen molar-refractivity contribution < 1.29 is 17.9 Å². The third-order valence-corrected chi connectivity index (χ3v) is 6.45. The Labute approximate surface area is 158 Å². The number of rotatable bonds is 6. The molecule has 0 radical (unpaired) electrons. The van der Waals surface area contributed by atoms with Crippen LogP contribution in [-0.2, 0) is 14.6 Å². The van der Waals surface area contributed by atoms with E-state index >= 15 is 0 Å². The van der Waals surface area contributed by atoms with Crippen LogP contribution < -0.4 is 4.74 Å². The first-order valence-electron chi connectivity index (χ1n) is 8.41. The van der Waals surface area contributed by atoms with Crippen molar-refractivity contribution >= 4 is 27.3 Å². The standard InChI is InChI=1S/C19H20ClNO4S/c20-15-8-10-17(11-9-15)25-13-19(22)21-12-4-5-16(21)14-26(23,24)18-6-2-1-3-7-18/h1-3,6-11,16H,4-5,12-14H2/t16-/m1/s1. The lowest BCUT2D eigenvalue weighted by Gasteiger charge is -2.24. The molecule has 1 amide bonds. The summed E-state index contributed by atoms with van der Waals surface area (Å²) in [5.41, 5.74) is 0. The molecule has 0 bridgehead atoms. The Morgan fingerprint density at radius 1 is 1.12 bits per heavy atom. The molecule has 1 aliphatic rings. The van der Waals surface area contributed by atoms with Gasteiger partial charge in [0, 0.05) is 17.6 Å². The molecule has 2 aromatic rings. The van der Waals surface area contributed by atoms with Gasteiger partial charge in [-0.05, 0) is 49.2 Å². The number of hydrogen-bond donors (Lipinski definition) is 0. The topological polar surface area (TPSA) is 63.7 Å². The second-order valence-electron chi connectivity index (χ2n) is 6.22. The number of carbonyl (C=O) groups is 1. The summed E-state index contributed by atoms with van der Waals surface area (Å²) in [5, 5.41) is 0.592. The van der Waals surface area contributed by atoms with Crippen LogP contribution in [0, 0.1) is 0 Å². The normalized spacial score (nSPS) is 17.3. The minimum Gasteiger partial charge on any atom is -0.484 e. The van der Waals surface area contributed by atoms with Crippen molar-refractivity contribution in [1.82, 2.24) is 4.90 Å². The quantitative estimate of drug-likeness (QED) is 0.756. The van der Waals surface area contributed by atoms with Crippen LogP contribution in [0.3, 0.4) is 0 Å². The third kappa shape index (κ3) is 4.56. The van der Waals surface area contributed by atoms with Gasteiger partial charge in [0.25, 0.3) is 5.91 Å². The average Bonchev–Trinajstić information content (AvgIpc) is 3.09. The van der Waals surface area contributed by atoms with Crippen LogP contribution in [0.5, 0.6) is 5.75 Å². The first-order valence-corrected chi connectivity index (χ1v) is 10.4. The molecule has 0 saturated carbocycles. The van der Waals surface area contributed by atoms with Crippen molar-refractivity contribution in [3.63, 3.8) is 0 Å². The number of sulfone groups is 1. The summed E-state index contributed by atoms with van der Waals surface area (Å²) in [6, 6.07) is 14.8. The first-order chi connectivity index (χ1) is 12.5. The van der Waals surface area contributed by atoms with Gasteiger partial charge in [-0.1, -0.05) is 29.8 Å². The first kappa shape index (κ1) is 18.7. The van der Waals surface area contributed by atoms with E-state index in [2.05, 4.69) is 0 Å². The largest absolute Gasteiger partial charge is 0.484 e. The van der Waals surface area contributed by atoms with Crippen LogP contribution in [-0.4, -0.2) is 44.2 Å². The van der Waals surface area contributed by atoms with Gasteiger partial charge in [0.2, 0.25) is 0 Å². The molecule has 1 heterocycles. The van der Waals surface area contributed by atoms with E-state index in [1.165, 1.54) is 0 Å². The minimum atomic E-state index is -3.43. The summed E-state index contributed by atoms with van der Waals surface area (Å²) in [4.78, 5) is 14.4. The van der Waals surface area contributed by atoms with Gasteiger partial charge in [-0.25, -0.2) is 8.42 Å². The number of halogens is 1. The average molecular weight is 394 g/mol. The molecule has 0 aromatic heterocycles. The van der Waals surface area contributed by atoms with Gasteiger partial charge in [0.1, 0.15) is 5.75 Å². The lowest BCUT2D eigenvalue weighted by molar-refractivity contribution is -0.133. The molecule has 0 N–H and O–H groups in total. The van der Waals surface area contributed by atoms with Crippen LogP contribution in [0.15, 0.2) is 59.5 Å². The van der Waals surface area contributed by atoms with E-state index in [1.54, 1.807) is 59.5 Å². The number of nitrogens with zero attached hydrogens (tertiary/aromatic N) is 1. The van der Waals surface area contributed by atoms with E-state index < -0.39 is 9.84 Å². The summed E-state index contributed by atoms with van der Waals surface area (Å²) in [5.74, 6) is 0.282. The fourth-order valence-corrected chi connectivity index (χ4v) is 4.82. The molecule has 138 valence electrons. The molecule has 5 nitrogen and oxygen atoms in total. The maximum Gasteiger partial charge on any atom is 0.260 e. The van der Waals surface area contributed by atoms with E-state index in [0.717, 1.165) is 6.42 Å². The van der Waals surface area contributed by atoms with Crippen LogP contribution in [0.2, 0.25) is 5.02 Å². The smallest absolute Gasteiger partial charge is 0.260 e. The molecular weight excluding hydrogens is 374 g/mol. The molecule has 3 rings (SSSR count). The lowest BCUT2D eigenvalue weighted by Crippen LogP contribution is -2.42. The van der Waals surface area contributed by atoms with Crippen molar-refractivity contribution in [1.29, 1.82) is 0 Å². The maximum atomic E-state index is 12.6. The number of amides is 1. The second kappa shape index (κ2) is 8.10. The highest BCUT2D eigenvalue weighted by Gasteiger charge is 2.33. The molecule has 0 aliphatic carbocycles. The molecule has 2 aromatic carbocycles. The van der Waals surface area contributed by atoms with Crippen LogP contribution in [0.25, 0.3) is 0 Å². The van der Waals surface area contributed by atoms with E-state index in [1.807, 2.05) is 0 Å². The van der Waals surface area contributed by atoms with E-state index in [4.69, 9.17) is 16.3 Å². The highest BCUT2D eigenvalue weighted by Crippen LogP contribution is 2.23. The van der Waals surface area contributed by atoms with Gasteiger partial charge in [-0.3, -0.25) is 4.79 Å². The van der Waals surface area contributed by atoms with Crippen molar-refractivity contribution in [2.45, 2.75) is 23.8 Å². The third-order valence-electron chi connectivity index (χ3n) is 4.39. The van der Waals surface area contributed by atoms with Gasteiger partial charge >= 0.3 is 0 Å². The van der Waals surface area contributed by atoms with E-state index in [9.17, 15) is 13.2 Å². The van der Waals surface area contributed by atoms with E-state index in [-0.39, 0.29) is 29.2 Å². The fraction of sp³-hybridized carbons (Fsp3) is 0.316. The Morgan fingerprint density at radius 2 is 1.81 bits per heavy atom. The Morgan fingerprint density at radius 3 is 2.50 bits per heavy atom. The Balaban J connectivity index is 1.62. The van der Waals surface area contributed by atoms with Gasteiger partial charge in [-0.15, -0.1) is 0 Å². The van der Waals surface area contributed by atoms with Gasteiger partial charge in [0.05, 0.1) is 10.6 Å². The highest BCUT2D eigenvalue weighted by molar-refractivity contribution is 7.91. The van der Waals surface area contributed by atoms with E-state index in [0.29, 0.717) is 23.7 Å². The molecule has 1 aliphatic heterocycles. The van der Waals surface area contributed by atoms with Crippen LogP contribution in [0.1, 0.15) is 12.8 Å². The van der Waals surface area contributed by atoms with Crippen molar-refractivity contribution in [3.8, 4) is 5.75 Å². The lowest BCUT2D eigenvalue weighted by atomic mass is 10.2. The van der Waals surface area contributed by atoms with Gasteiger partial charge in [-0.2, -0.15) is 0 Å². The summed E-state index contributed by atoms with van der Waals surface area (Å²) in [6.45, 7) is 0.432. The van der Waals surface area contributed by atoms with Gasteiger partial charge in [0.15, 0.2) is 16.4 Å². The zero-order valence-corrected chi connectivity index (χ0v) is 15.7. The number of ether oxygens (including phenoxy) is 1. The molecule has 1 atom stereocenters. The molecule has 26 heavy (non-hydrogen) atoms. The Bertz CT molecular complexity index is 853. The monoisotopic (exact) mass is 393 g/mol. The maximum absolute atomic E-state index is 12.6. The number of benzene rings is 2. The van der Waals surface area contributed by atoms with Crippen molar-refractivity contribution in [2.75, 3.05) is 18.9 Å². The number of likely N-dealkylation sites (tertiary alicyclic amines) is 1. The summed E-state index contributed by atoms with van der Waals surface area (Å²) < 4.78 is 30.7. The minimum absolute atomic E-state index is 0.0658. The van der Waals surface area contributed by atoms with Crippen molar-refractivity contribution in [3.05, 3.63) is 59.6 Å². The molecular formula is C19H20ClNO4S. The number of hydrogen-bond acceptors (Lipinski definition) is 4. The molecule has 7 heteroatoms. The number of carbonyl (C=O) groups excluding carboxylic acids is 1. The summed E-state index contributed by atoms with van der Waals surface area (Å²) in [7, 11) is -3.43. The highest BCUT2D eigenvalue weighted by atomic mass is 35.5. The van der Waals surface area contributed by atoms with Crippen LogP contribution in [0.4, 0.5) is 0 Å². The summed E-state index contributed by atoms with van der Waals surface area (Å²) >= 11 is 5.82. The Kier molecular flexibility index (Phi) is 5.84. The fourth-order valence-electron chi connectivity index (χ4n) is 3.07. The molecule has 1 fully saturated rings. The molecule has 0 spiro atoms. The summed E-state index contributed by atoms with van der Waals surface area (Å²) in [6.07, 6.45) is 1.47. The molecule has 0 unspecified atom stereocenters. The predicted molar refractivity (Wildman–Crippen MR) is 100 cm³/mol. The second-order valence-corrected chi connectivity index (χ2v) is 8.69. The van der Waals surface area contributed by atoms with Crippen molar-refractivity contribution in [2.24, 2.45) is 0 Å².